The molecular formula is C15H21NO2. The number of hydrogen-bond donors (Lipinski definition) is 1. The molecule has 0 amide bonds. The maximum Gasteiger partial charge on any atom is 0.338 e. The molecule has 0 radical (unpaired) electrons. The minimum atomic E-state index is -0.446. The summed E-state index contributed by atoms with van der Waals surface area (Å²) in [6.07, 6.45) is 2.33. The molecule has 0 aliphatic carbocycles. The molecule has 0 bridgehead atoms. The number of rotatable bonds is 2. The Bertz CT molecular complexity index is 428. The fourth-order valence-electron chi connectivity index (χ4n) is 2.19. The first kappa shape index (κ1) is 13.1. The lowest BCUT2D eigenvalue weighted by Gasteiger charge is -2.20. The standard InChI is InChI=1S/C15H21NO2/c1-15(2,3)18-14(17)12-7-4-6-11(10-12)13-8-5-9-16-13/h4,6-7,10,13,16H,5,8-9H2,1-3H3. The fraction of sp³-hybridized carbons (Fsp3) is 0.533. The molecule has 2 rings (SSSR count). The van der Waals surface area contributed by atoms with Crippen molar-refractivity contribution < 1.29 is 9.53 Å². The normalized spacial score (nSPS) is 19.8. The number of hydrogen-bond acceptors (Lipinski definition) is 3. The summed E-state index contributed by atoms with van der Waals surface area (Å²) in [5, 5.41) is 3.44. The Labute approximate surface area is 109 Å². The van der Waals surface area contributed by atoms with Crippen molar-refractivity contribution in [2.75, 3.05) is 6.54 Å². The predicted molar refractivity (Wildman–Crippen MR) is 71.6 cm³/mol. The third-order valence-electron chi connectivity index (χ3n) is 2.98. The van der Waals surface area contributed by atoms with Gasteiger partial charge < -0.3 is 10.1 Å². The van der Waals surface area contributed by atoms with E-state index in [9.17, 15) is 4.79 Å². The molecule has 3 nitrogen and oxygen atoms in total. The molecule has 0 spiro atoms. The molecule has 1 aliphatic rings. The minimum absolute atomic E-state index is 0.248. The quantitative estimate of drug-likeness (QED) is 0.816. The van der Waals surface area contributed by atoms with E-state index in [1.807, 2.05) is 39.0 Å². The highest BCUT2D eigenvalue weighted by atomic mass is 16.6. The lowest BCUT2D eigenvalue weighted by Crippen LogP contribution is -2.24. The Morgan fingerprint density at radius 2 is 2.17 bits per heavy atom. The highest BCUT2D eigenvalue weighted by molar-refractivity contribution is 5.89. The molecule has 1 aromatic rings. The van der Waals surface area contributed by atoms with E-state index in [4.69, 9.17) is 4.74 Å². The first-order chi connectivity index (χ1) is 8.46. The topological polar surface area (TPSA) is 38.3 Å². The Morgan fingerprint density at radius 3 is 2.78 bits per heavy atom. The van der Waals surface area contributed by atoms with Gasteiger partial charge in [-0.15, -0.1) is 0 Å². The van der Waals surface area contributed by atoms with Crippen LogP contribution in [0.5, 0.6) is 0 Å². The van der Waals surface area contributed by atoms with Gasteiger partial charge in [-0.05, 0) is 57.9 Å². The maximum atomic E-state index is 12.0. The lowest BCUT2D eigenvalue weighted by molar-refractivity contribution is 0.00694. The van der Waals surface area contributed by atoms with Gasteiger partial charge in [0.05, 0.1) is 5.56 Å². The van der Waals surface area contributed by atoms with E-state index >= 15 is 0 Å². The molecule has 0 saturated carbocycles. The van der Waals surface area contributed by atoms with Crippen molar-refractivity contribution in [2.45, 2.75) is 45.3 Å². The van der Waals surface area contributed by atoms with Crippen LogP contribution in [0.4, 0.5) is 0 Å². The second-order valence-electron chi connectivity index (χ2n) is 5.78. The second kappa shape index (κ2) is 5.11. The molecule has 18 heavy (non-hydrogen) atoms. The number of nitrogens with one attached hydrogen (secondary N) is 1. The van der Waals surface area contributed by atoms with Gasteiger partial charge in [0.1, 0.15) is 5.60 Å². The van der Waals surface area contributed by atoms with Gasteiger partial charge in [0, 0.05) is 6.04 Å². The molecule has 1 aromatic carbocycles. The van der Waals surface area contributed by atoms with Crippen molar-refractivity contribution in [2.24, 2.45) is 0 Å². The number of ether oxygens (including phenoxy) is 1. The zero-order valence-electron chi connectivity index (χ0n) is 11.3. The van der Waals surface area contributed by atoms with Gasteiger partial charge in [0.25, 0.3) is 0 Å². The van der Waals surface area contributed by atoms with Crippen molar-refractivity contribution in [3.8, 4) is 0 Å². The van der Waals surface area contributed by atoms with Crippen LogP contribution in [0.3, 0.4) is 0 Å². The van der Waals surface area contributed by atoms with E-state index in [0.717, 1.165) is 13.0 Å². The summed E-state index contributed by atoms with van der Waals surface area (Å²) >= 11 is 0. The zero-order chi connectivity index (χ0) is 13.2. The van der Waals surface area contributed by atoms with Crippen LogP contribution < -0.4 is 5.32 Å². The average molecular weight is 247 g/mol. The molecule has 98 valence electrons. The SMILES string of the molecule is CC(C)(C)OC(=O)c1cccc(C2CCCN2)c1. The van der Waals surface area contributed by atoms with Crippen molar-refractivity contribution >= 4 is 5.97 Å². The van der Waals surface area contributed by atoms with Crippen LogP contribution in [-0.2, 0) is 4.74 Å². The highest BCUT2D eigenvalue weighted by Crippen LogP contribution is 2.24. The van der Waals surface area contributed by atoms with Gasteiger partial charge in [0.15, 0.2) is 0 Å². The van der Waals surface area contributed by atoms with Crippen LogP contribution in [0, 0.1) is 0 Å². The summed E-state index contributed by atoms with van der Waals surface area (Å²) in [5.74, 6) is -0.248. The first-order valence-electron chi connectivity index (χ1n) is 6.52. The van der Waals surface area contributed by atoms with Crippen LogP contribution in [0.1, 0.15) is 55.6 Å². The fourth-order valence-corrected chi connectivity index (χ4v) is 2.19. The van der Waals surface area contributed by atoms with Gasteiger partial charge in [-0.1, -0.05) is 12.1 Å². The predicted octanol–water partition coefficient (Wildman–Crippen LogP) is 3.07. The van der Waals surface area contributed by atoms with Gasteiger partial charge in [-0.25, -0.2) is 4.79 Å². The molecule has 3 heteroatoms. The van der Waals surface area contributed by atoms with E-state index in [1.165, 1.54) is 12.0 Å². The molecule has 1 heterocycles. The van der Waals surface area contributed by atoms with Crippen LogP contribution >= 0.6 is 0 Å². The summed E-state index contributed by atoms with van der Waals surface area (Å²) < 4.78 is 5.38. The smallest absolute Gasteiger partial charge is 0.338 e. The monoisotopic (exact) mass is 247 g/mol. The molecule has 1 atom stereocenters. The van der Waals surface area contributed by atoms with E-state index in [2.05, 4.69) is 11.4 Å². The number of esters is 1. The van der Waals surface area contributed by atoms with E-state index in [1.54, 1.807) is 0 Å². The van der Waals surface area contributed by atoms with Crippen LogP contribution in [0.15, 0.2) is 24.3 Å². The van der Waals surface area contributed by atoms with Crippen molar-refractivity contribution in [1.29, 1.82) is 0 Å². The van der Waals surface area contributed by atoms with Gasteiger partial charge >= 0.3 is 5.97 Å². The summed E-state index contributed by atoms with van der Waals surface area (Å²) in [6, 6.07) is 8.13. The van der Waals surface area contributed by atoms with Gasteiger partial charge in [-0.2, -0.15) is 0 Å². The van der Waals surface area contributed by atoms with Crippen LogP contribution in [0.25, 0.3) is 0 Å². The number of carbonyl (C=O) groups excluding carboxylic acids is 1. The van der Waals surface area contributed by atoms with Crippen molar-refractivity contribution in [3.05, 3.63) is 35.4 Å². The van der Waals surface area contributed by atoms with Crippen LogP contribution in [-0.4, -0.2) is 18.1 Å². The van der Waals surface area contributed by atoms with E-state index in [0.29, 0.717) is 11.6 Å². The Kier molecular flexibility index (Phi) is 3.71. The third-order valence-corrected chi connectivity index (χ3v) is 2.98. The van der Waals surface area contributed by atoms with Crippen molar-refractivity contribution in [1.82, 2.24) is 5.32 Å². The summed E-state index contributed by atoms with van der Waals surface area (Å²) in [5.41, 5.74) is 1.37. The Hall–Kier alpha value is -1.35. The second-order valence-corrected chi connectivity index (χ2v) is 5.78. The maximum absolute atomic E-state index is 12.0. The van der Waals surface area contributed by atoms with E-state index < -0.39 is 5.60 Å². The lowest BCUT2D eigenvalue weighted by atomic mass is 10.0. The molecule has 1 fully saturated rings. The zero-order valence-corrected chi connectivity index (χ0v) is 11.3. The Morgan fingerprint density at radius 1 is 1.39 bits per heavy atom. The molecule has 1 unspecified atom stereocenters. The van der Waals surface area contributed by atoms with Gasteiger partial charge in [-0.3, -0.25) is 0 Å². The minimum Gasteiger partial charge on any atom is -0.456 e. The molecule has 1 aliphatic heterocycles. The number of benzene rings is 1. The number of carbonyl (C=O) groups is 1. The summed E-state index contributed by atoms with van der Waals surface area (Å²) in [4.78, 5) is 12.0. The van der Waals surface area contributed by atoms with Crippen molar-refractivity contribution in [3.63, 3.8) is 0 Å². The Balaban J connectivity index is 2.14. The van der Waals surface area contributed by atoms with E-state index in [-0.39, 0.29) is 5.97 Å². The first-order valence-corrected chi connectivity index (χ1v) is 6.52. The molecule has 0 aromatic heterocycles. The third kappa shape index (κ3) is 3.33. The summed E-state index contributed by atoms with van der Waals surface area (Å²) in [6.45, 7) is 6.70. The molecule has 1 N–H and O–H groups in total. The molecular weight excluding hydrogens is 226 g/mol. The summed E-state index contributed by atoms with van der Waals surface area (Å²) in [7, 11) is 0. The van der Waals surface area contributed by atoms with Gasteiger partial charge in [0.2, 0.25) is 0 Å². The molecule has 1 saturated heterocycles. The largest absolute Gasteiger partial charge is 0.456 e. The van der Waals surface area contributed by atoms with Crippen LogP contribution in [0.2, 0.25) is 0 Å². The average Bonchev–Trinajstić information content (AvgIpc) is 2.80. The highest BCUT2D eigenvalue weighted by Gasteiger charge is 2.20.